The lowest BCUT2D eigenvalue weighted by atomic mass is 10.1. The van der Waals surface area contributed by atoms with Gasteiger partial charge in [-0.3, -0.25) is 0 Å². The molecule has 1 fully saturated rings. The average Bonchev–Trinajstić information content (AvgIpc) is 2.88. The fourth-order valence-corrected chi connectivity index (χ4v) is 2.47. The van der Waals surface area contributed by atoms with Crippen LogP contribution in [0.4, 0.5) is 0 Å². The second-order valence-corrected chi connectivity index (χ2v) is 4.74. The summed E-state index contributed by atoms with van der Waals surface area (Å²) in [7, 11) is 1.19. The van der Waals surface area contributed by atoms with Gasteiger partial charge in [-0.05, 0) is 12.1 Å². The monoisotopic (exact) mass is 312 g/mol. The zero-order valence-electron chi connectivity index (χ0n) is 10.4. The molecule has 0 aliphatic carbocycles. The van der Waals surface area contributed by atoms with Gasteiger partial charge in [0.15, 0.2) is 5.57 Å². The Labute approximate surface area is 125 Å². The third-order valence-corrected chi connectivity index (χ3v) is 3.42. The Kier molecular flexibility index (Phi) is 4.38. The van der Waals surface area contributed by atoms with Crippen molar-refractivity contribution in [3.8, 4) is 6.07 Å². The van der Waals surface area contributed by atoms with Crippen LogP contribution < -0.4 is 5.32 Å². The maximum absolute atomic E-state index is 11.4. The Morgan fingerprint density at radius 1 is 1.50 bits per heavy atom. The molecule has 1 aliphatic heterocycles. The number of halogens is 2. The number of benzene rings is 1. The van der Waals surface area contributed by atoms with E-state index in [1.807, 2.05) is 0 Å². The zero-order chi connectivity index (χ0) is 14.7. The molecule has 1 atom stereocenters. The molecule has 104 valence electrons. The van der Waals surface area contributed by atoms with E-state index in [9.17, 15) is 4.79 Å². The fourth-order valence-electron chi connectivity index (χ4n) is 1.83. The minimum Gasteiger partial charge on any atom is -0.468 e. The van der Waals surface area contributed by atoms with Crippen molar-refractivity contribution in [3.63, 3.8) is 0 Å². The third-order valence-electron chi connectivity index (χ3n) is 2.76. The molecule has 5 nitrogen and oxygen atoms in total. The number of nitriles is 1. The largest absolute Gasteiger partial charge is 0.468 e. The van der Waals surface area contributed by atoms with Crippen molar-refractivity contribution in [1.29, 1.82) is 5.26 Å². The lowest BCUT2D eigenvalue weighted by molar-refractivity contribution is -0.135. The molecule has 0 radical (unpaired) electrons. The van der Waals surface area contributed by atoms with Crippen LogP contribution in [0.25, 0.3) is 0 Å². The van der Waals surface area contributed by atoms with Crippen LogP contribution in [0.3, 0.4) is 0 Å². The maximum Gasteiger partial charge on any atom is 0.354 e. The molecule has 1 aromatic rings. The minimum atomic E-state index is -0.763. The first kappa shape index (κ1) is 14.5. The number of carbonyl (C=O) groups excluding carboxylic acids is 1. The van der Waals surface area contributed by atoms with E-state index in [1.165, 1.54) is 7.11 Å². The van der Waals surface area contributed by atoms with E-state index >= 15 is 0 Å². The van der Waals surface area contributed by atoms with Gasteiger partial charge >= 0.3 is 5.97 Å². The molecule has 0 bridgehead atoms. The predicted molar refractivity (Wildman–Crippen MR) is 72.9 cm³/mol. The van der Waals surface area contributed by atoms with Gasteiger partial charge in [0, 0.05) is 15.6 Å². The lowest BCUT2D eigenvalue weighted by Crippen LogP contribution is -2.13. The van der Waals surface area contributed by atoms with Crippen molar-refractivity contribution in [2.45, 2.75) is 6.10 Å². The molecule has 1 aliphatic rings. The number of ether oxygens (including phenoxy) is 2. The summed E-state index contributed by atoms with van der Waals surface area (Å²) in [6.07, 6.45) is -0.473. The molecule has 2 rings (SSSR count). The van der Waals surface area contributed by atoms with Crippen LogP contribution in [0.2, 0.25) is 10.0 Å². The number of carbonyl (C=O) groups is 1. The van der Waals surface area contributed by atoms with E-state index in [-0.39, 0.29) is 11.5 Å². The number of esters is 1. The molecule has 20 heavy (non-hydrogen) atoms. The fraction of sp³-hybridized carbons (Fsp3) is 0.231. The molecule has 7 heteroatoms. The van der Waals surface area contributed by atoms with Crippen LogP contribution in [0.1, 0.15) is 11.7 Å². The van der Waals surface area contributed by atoms with E-state index in [2.05, 4.69) is 10.1 Å². The van der Waals surface area contributed by atoms with Crippen LogP contribution >= 0.6 is 23.2 Å². The minimum absolute atomic E-state index is 0.0698. The highest BCUT2D eigenvalue weighted by Crippen LogP contribution is 2.35. The summed E-state index contributed by atoms with van der Waals surface area (Å²) >= 11 is 12.2. The molecule has 0 saturated carbocycles. The van der Waals surface area contributed by atoms with E-state index in [0.717, 1.165) is 0 Å². The van der Waals surface area contributed by atoms with Crippen LogP contribution in [-0.2, 0) is 14.3 Å². The molecular formula is C13H10Cl2N2O3. The molecular weight excluding hydrogens is 303 g/mol. The number of hydrogen-bond acceptors (Lipinski definition) is 5. The van der Waals surface area contributed by atoms with Crippen molar-refractivity contribution < 1.29 is 14.3 Å². The quantitative estimate of drug-likeness (QED) is 0.516. The molecule has 1 saturated heterocycles. The average molecular weight is 313 g/mol. The summed E-state index contributed by atoms with van der Waals surface area (Å²) in [4.78, 5) is 11.4. The number of nitrogens with one attached hydrogen (secondary N) is 1. The van der Waals surface area contributed by atoms with Gasteiger partial charge < -0.3 is 14.8 Å². The first-order chi connectivity index (χ1) is 9.58. The Morgan fingerprint density at radius 2 is 2.15 bits per heavy atom. The van der Waals surface area contributed by atoms with E-state index < -0.39 is 12.1 Å². The Hall–Kier alpha value is -1.90. The van der Waals surface area contributed by atoms with Crippen molar-refractivity contribution in [1.82, 2.24) is 5.32 Å². The van der Waals surface area contributed by atoms with Crippen LogP contribution in [0.5, 0.6) is 0 Å². The van der Waals surface area contributed by atoms with Gasteiger partial charge in [-0.15, -0.1) is 0 Å². The van der Waals surface area contributed by atoms with E-state index in [0.29, 0.717) is 22.2 Å². The van der Waals surface area contributed by atoms with Crippen LogP contribution in [0, 0.1) is 11.3 Å². The van der Waals surface area contributed by atoms with Crippen molar-refractivity contribution in [2.24, 2.45) is 0 Å². The zero-order valence-corrected chi connectivity index (χ0v) is 12.0. The highest BCUT2D eigenvalue weighted by Gasteiger charge is 2.30. The molecule has 1 unspecified atom stereocenters. The number of hydrogen-bond donors (Lipinski definition) is 1. The van der Waals surface area contributed by atoms with Gasteiger partial charge in [-0.25, -0.2) is 4.79 Å². The first-order valence-corrected chi connectivity index (χ1v) is 6.41. The smallest absolute Gasteiger partial charge is 0.354 e. The van der Waals surface area contributed by atoms with E-state index in [4.69, 9.17) is 33.2 Å². The van der Waals surface area contributed by atoms with Crippen molar-refractivity contribution >= 4 is 29.2 Å². The number of nitrogens with zero attached hydrogens (tertiary/aromatic N) is 1. The summed E-state index contributed by atoms with van der Waals surface area (Å²) in [5, 5.41) is 12.7. The van der Waals surface area contributed by atoms with E-state index in [1.54, 1.807) is 24.3 Å². The van der Waals surface area contributed by atoms with Gasteiger partial charge in [0.25, 0.3) is 0 Å². The topological polar surface area (TPSA) is 71.4 Å². The first-order valence-electron chi connectivity index (χ1n) is 5.65. The molecule has 1 aromatic carbocycles. The van der Waals surface area contributed by atoms with Gasteiger partial charge in [-0.1, -0.05) is 29.3 Å². The summed E-state index contributed by atoms with van der Waals surface area (Å²) < 4.78 is 10.1. The van der Waals surface area contributed by atoms with Crippen molar-refractivity contribution in [3.05, 3.63) is 45.3 Å². The highest BCUT2D eigenvalue weighted by atomic mass is 35.5. The molecule has 0 spiro atoms. The lowest BCUT2D eigenvalue weighted by Gasteiger charge is -2.13. The molecule has 0 aromatic heterocycles. The van der Waals surface area contributed by atoms with Gasteiger partial charge in [0.05, 0.1) is 13.7 Å². The summed E-state index contributed by atoms with van der Waals surface area (Å²) in [5.74, 6) is -0.693. The van der Waals surface area contributed by atoms with Gasteiger partial charge in [0.2, 0.25) is 5.88 Å². The number of rotatable bonds is 2. The summed E-state index contributed by atoms with van der Waals surface area (Å²) in [5.41, 5.74) is 0.388. The van der Waals surface area contributed by atoms with Gasteiger partial charge in [0.1, 0.15) is 12.2 Å². The maximum atomic E-state index is 11.4. The standard InChI is InChI=1S/C13H10Cl2N2O3/c1-19-13(18)7(5-16)12-17-6-10(20-12)11-8(14)3-2-4-9(11)15/h2-4,10,17H,6H2,1H3/b12-7+. The summed E-state index contributed by atoms with van der Waals surface area (Å²) in [6, 6.07) is 6.86. The summed E-state index contributed by atoms with van der Waals surface area (Å²) in [6.45, 7) is 0.348. The van der Waals surface area contributed by atoms with Crippen LogP contribution in [0.15, 0.2) is 29.7 Å². The number of methoxy groups -OCH3 is 1. The normalized spacial score (nSPS) is 19.6. The SMILES string of the molecule is COC(=O)/C(C#N)=C1\NCC(c2c(Cl)cccc2Cl)O1. The predicted octanol–water partition coefficient (Wildman–Crippen LogP) is 2.56. The Morgan fingerprint density at radius 3 is 2.70 bits per heavy atom. The van der Waals surface area contributed by atoms with Crippen LogP contribution in [-0.4, -0.2) is 19.6 Å². The Bertz CT molecular complexity index is 602. The molecule has 1 heterocycles. The van der Waals surface area contributed by atoms with Crippen molar-refractivity contribution in [2.75, 3.05) is 13.7 Å². The second kappa shape index (κ2) is 6.04. The highest BCUT2D eigenvalue weighted by molar-refractivity contribution is 6.36. The third kappa shape index (κ3) is 2.67. The second-order valence-electron chi connectivity index (χ2n) is 3.93. The molecule has 1 N–H and O–H groups in total. The van der Waals surface area contributed by atoms with Gasteiger partial charge in [-0.2, -0.15) is 5.26 Å². The Balaban J connectivity index is 2.32. The molecule has 0 amide bonds.